The van der Waals surface area contributed by atoms with Crippen molar-refractivity contribution in [3.05, 3.63) is 11.9 Å². The SMILES string of the molecule is COCCC1CC=C(F)CC1. The third-order valence-corrected chi connectivity index (χ3v) is 2.19. The zero-order valence-electron chi connectivity index (χ0n) is 6.98. The molecule has 0 saturated heterocycles. The lowest BCUT2D eigenvalue weighted by Gasteiger charge is -2.17. The molecule has 0 amide bonds. The van der Waals surface area contributed by atoms with Crippen LogP contribution in [0, 0.1) is 5.92 Å². The molecular formula is C9H15FO. The van der Waals surface area contributed by atoms with Gasteiger partial charge in [-0.1, -0.05) is 6.08 Å². The summed E-state index contributed by atoms with van der Waals surface area (Å²) < 4.78 is 17.5. The second kappa shape index (κ2) is 4.50. The molecule has 0 bridgehead atoms. The average molecular weight is 158 g/mol. The Morgan fingerprint density at radius 1 is 1.73 bits per heavy atom. The first kappa shape index (κ1) is 8.72. The molecule has 0 spiro atoms. The Hall–Kier alpha value is -0.370. The van der Waals surface area contributed by atoms with Gasteiger partial charge >= 0.3 is 0 Å². The van der Waals surface area contributed by atoms with E-state index in [0.29, 0.717) is 12.3 Å². The van der Waals surface area contributed by atoms with Crippen LogP contribution in [0.25, 0.3) is 0 Å². The van der Waals surface area contributed by atoms with Crippen LogP contribution in [-0.4, -0.2) is 13.7 Å². The molecule has 11 heavy (non-hydrogen) atoms. The second-order valence-corrected chi connectivity index (χ2v) is 3.07. The number of halogens is 1. The van der Waals surface area contributed by atoms with Crippen molar-refractivity contribution in [3.8, 4) is 0 Å². The van der Waals surface area contributed by atoms with Crippen molar-refractivity contribution in [2.75, 3.05) is 13.7 Å². The average Bonchev–Trinajstić information content (AvgIpc) is 2.04. The molecule has 0 heterocycles. The van der Waals surface area contributed by atoms with Crippen LogP contribution in [-0.2, 0) is 4.74 Å². The van der Waals surface area contributed by atoms with Gasteiger partial charge in [0, 0.05) is 13.7 Å². The van der Waals surface area contributed by atoms with Crippen molar-refractivity contribution in [1.29, 1.82) is 0 Å². The molecule has 0 saturated carbocycles. The predicted octanol–water partition coefficient (Wildman–Crippen LogP) is 2.68. The predicted molar refractivity (Wildman–Crippen MR) is 43.0 cm³/mol. The van der Waals surface area contributed by atoms with E-state index in [4.69, 9.17) is 4.74 Å². The molecule has 0 radical (unpaired) electrons. The summed E-state index contributed by atoms with van der Waals surface area (Å²) >= 11 is 0. The Labute approximate surface area is 67.2 Å². The minimum Gasteiger partial charge on any atom is -0.385 e. The van der Waals surface area contributed by atoms with Crippen molar-refractivity contribution in [1.82, 2.24) is 0 Å². The van der Waals surface area contributed by atoms with Gasteiger partial charge in [0.05, 0.1) is 5.83 Å². The minimum atomic E-state index is 0.0682. The second-order valence-electron chi connectivity index (χ2n) is 3.07. The van der Waals surface area contributed by atoms with Crippen molar-refractivity contribution in [2.45, 2.75) is 25.7 Å². The van der Waals surface area contributed by atoms with Crippen LogP contribution in [0.2, 0.25) is 0 Å². The van der Waals surface area contributed by atoms with Gasteiger partial charge in [-0.15, -0.1) is 0 Å². The summed E-state index contributed by atoms with van der Waals surface area (Å²) in [5, 5.41) is 0. The summed E-state index contributed by atoms with van der Waals surface area (Å²) in [6.07, 6.45) is 5.30. The number of rotatable bonds is 3. The Kier molecular flexibility index (Phi) is 3.57. The number of ether oxygens (including phenoxy) is 1. The molecule has 1 atom stereocenters. The first-order chi connectivity index (χ1) is 5.33. The maximum absolute atomic E-state index is 12.5. The summed E-state index contributed by atoms with van der Waals surface area (Å²) in [7, 11) is 1.71. The Morgan fingerprint density at radius 3 is 3.09 bits per heavy atom. The van der Waals surface area contributed by atoms with Crippen molar-refractivity contribution in [2.24, 2.45) is 5.92 Å². The number of methoxy groups -OCH3 is 1. The minimum absolute atomic E-state index is 0.0682. The normalized spacial score (nSPS) is 24.9. The molecule has 64 valence electrons. The van der Waals surface area contributed by atoms with E-state index in [0.717, 1.165) is 25.9 Å². The van der Waals surface area contributed by atoms with Crippen molar-refractivity contribution >= 4 is 0 Å². The van der Waals surface area contributed by atoms with E-state index >= 15 is 0 Å². The molecule has 1 aliphatic rings. The standard InChI is InChI=1S/C9H15FO/c1-11-7-6-8-2-4-9(10)5-3-8/h4,8H,2-3,5-7H2,1H3. The molecule has 1 rings (SSSR count). The third kappa shape index (κ3) is 3.02. The number of hydrogen-bond acceptors (Lipinski definition) is 1. The summed E-state index contributed by atoms with van der Waals surface area (Å²) in [4.78, 5) is 0. The molecule has 2 heteroatoms. The maximum atomic E-state index is 12.5. The molecule has 1 aliphatic carbocycles. The maximum Gasteiger partial charge on any atom is 0.0960 e. The van der Waals surface area contributed by atoms with Gasteiger partial charge < -0.3 is 4.74 Å². The van der Waals surface area contributed by atoms with E-state index in [1.165, 1.54) is 0 Å². The fourth-order valence-electron chi connectivity index (χ4n) is 1.40. The first-order valence-corrected chi connectivity index (χ1v) is 4.16. The highest BCUT2D eigenvalue weighted by Crippen LogP contribution is 2.26. The molecule has 1 nitrogen and oxygen atoms in total. The molecule has 0 aliphatic heterocycles. The van der Waals surface area contributed by atoms with Crippen LogP contribution < -0.4 is 0 Å². The van der Waals surface area contributed by atoms with Crippen LogP contribution in [0.4, 0.5) is 4.39 Å². The van der Waals surface area contributed by atoms with E-state index < -0.39 is 0 Å². The molecule has 0 aromatic heterocycles. The highest BCUT2D eigenvalue weighted by atomic mass is 19.1. The van der Waals surface area contributed by atoms with E-state index in [-0.39, 0.29) is 5.83 Å². The summed E-state index contributed by atoms with van der Waals surface area (Å²) in [6, 6.07) is 0. The van der Waals surface area contributed by atoms with Gasteiger partial charge in [0.1, 0.15) is 0 Å². The van der Waals surface area contributed by atoms with Crippen LogP contribution in [0.15, 0.2) is 11.9 Å². The van der Waals surface area contributed by atoms with E-state index in [2.05, 4.69) is 0 Å². The lowest BCUT2D eigenvalue weighted by Crippen LogP contribution is -2.07. The molecule has 0 aromatic carbocycles. The molecule has 0 aromatic rings. The smallest absolute Gasteiger partial charge is 0.0960 e. The largest absolute Gasteiger partial charge is 0.385 e. The monoisotopic (exact) mass is 158 g/mol. The van der Waals surface area contributed by atoms with Crippen LogP contribution in [0.3, 0.4) is 0 Å². The number of allylic oxidation sites excluding steroid dienone is 2. The zero-order valence-corrected chi connectivity index (χ0v) is 6.98. The quantitative estimate of drug-likeness (QED) is 0.613. The van der Waals surface area contributed by atoms with Gasteiger partial charge in [-0.3, -0.25) is 0 Å². The van der Waals surface area contributed by atoms with Crippen LogP contribution in [0.5, 0.6) is 0 Å². The fourth-order valence-corrected chi connectivity index (χ4v) is 1.40. The Balaban J connectivity index is 2.18. The Bertz CT molecular complexity index is 142. The molecular weight excluding hydrogens is 143 g/mol. The van der Waals surface area contributed by atoms with E-state index in [1.54, 1.807) is 13.2 Å². The lowest BCUT2D eigenvalue weighted by atomic mass is 9.91. The van der Waals surface area contributed by atoms with Gasteiger partial charge in [-0.25, -0.2) is 4.39 Å². The van der Waals surface area contributed by atoms with Crippen LogP contribution >= 0.6 is 0 Å². The highest BCUT2D eigenvalue weighted by molar-refractivity contribution is 4.97. The van der Waals surface area contributed by atoms with E-state index in [9.17, 15) is 4.39 Å². The fraction of sp³-hybridized carbons (Fsp3) is 0.778. The van der Waals surface area contributed by atoms with Gasteiger partial charge in [0.2, 0.25) is 0 Å². The van der Waals surface area contributed by atoms with Gasteiger partial charge in [-0.2, -0.15) is 0 Å². The first-order valence-electron chi connectivity index (χ1n) is 4.16. The summed E-state index contributed by atoms with van der Waals surface area (Å²) in [5.41, 5.74) is 0. The van der Waals surface area contributed by atoms with Gasteiger partial charge in [0.25, 0.3) is 0 Å². The van der Waals surface area contributed by atoms with Crippen molar-refractivity contribution < 1.29 is 9.13 Å². The third-order valence-electron chi connectivity index (χ3n) is 2.19. The van der Waals surface area contributed by atoms with Gasteiger partial charge in [-0.05, 0) is 31.6 Å². The Morgan fingerprint density at radius 2 is 2.55 bits per heavy atom. The number of hydrogen-bond donors (Lipinski definition) is 0. The molecule has 1 unspecified atom stereocenters. The summed E-state index contributed by atoms with van der Waals surface area (Å²) in [5.74, 6) is 0.716. The molecule has 0 N–H and O–H groups in total. The topological polar surface area (TPSA) is 9.23 Å². The molecule has 0 fully saturated rings. The van der Waals surface area contributed by atoms with Crippen molar-refractivity contribution in [3.63, 3.8) is 0 Å². The lowest BCUT2D eigenvalue weighted by molar-refractivity contribution is 0.173. The zero-order chi connectivity index (χ0) is 8.10. The highest BCUT2D eigenvalue weighted by Gasteiger charge is 2.13. The van der Waals surface area contributed by atoms with Crippen LogP contribution in [0.1, 0.15) is 25.7 Å². The van der Waals surface area contributed by atoms with Gasteiger partial charge in [0.15, 0.2) is 0 Å². The summed E-state index contributed by atoms with van der Waals surface area (Å²) in [6.45, 7) is 0.806. The van der Waals surface area contributed by atoms with E-state index in [1.807, 2.05) is 0 Å².